The number of hydrogen-bond acceptors (Lipinski definition) is 4. The fourth-order valence-corrected chi connectivity index (χ4v) is 1.39. The average molecular weight is 236 g/mol. The van der Waals surface area contributed by atoms with Crippen LogP contribution in [0, 0.1) is 0 Å². The molecule has 0 saturated carbocycles. The third kappa shape index (κ3) is 8.14. The van der Waals surface area contributed by atoms with Crippen LogP contribution in [0.5, 0.6) is 0 Å². The van der Waals surface area contributed by atoms with Gasteiger partial charge in [-0.2, -0.15) is 8.42 Å². The molecule has 5 nitrogen and oxygen atoms in total. The zero-order valence-electron chi connectivity index (χ0n) is 8.73. The van der Waals surface area contributed by atoms with E-state index in [2.05, 4.69) is 6.58 Å². The van der Waals surface area contributed by atoms with Crippen molar-refractivity contribution in [3.05, 3.63) is 12.2 Å². The van der Waals surface area contributed by atoms with Gasteiger partial charge in [-0.05, 0) is 12.8 Å². The highest BCUT2D eigenvalue weighted by Crippen LogP contribution is 2.04. The van der Waals surface area contributed by atoms with Crippen molar-refractivity contribution in [2.75, 3.05) is 12.4 Å². The van der Waals surface area contributed by atoms with Gasteiger partial charge in [-0.1, -0.05) is 19.9 Å². The van der Waals surface area contributed by atoms with Gasteiger partial charge in [0, 0.05) is 5.57 Å². The van der Waals surface area contributed by atoms with E-state index in [0.717, 1.165) is 6.42 Å². The van der Waals surface area contributed by atoms with Gasteiger partial charge in [-0.15, -0.1) is 0 Å². The van der Waals surface area contributed by atoms with Crippen molar-refractivity contribution in [2.45, 2.75) is 26.2 Å². The lowest BCUT2D eigenvalue weighted by molar-refractivity contribution is -0.139. The molecule has 15 heavy (non-hydrogen) atoms. The van der Waals surface area contributed by atoms with Crippen LogP contribution in [-0.2, 0) is 19.6 Å². The molecule has 0 aliphatic heterocycles. The van der Waals surface area contributed by atoms with Crippen LogP contribution in [-0.4, -0.2) is 31.3 Å². The van der Waals surface area contributed by atoms with E-state index in [1.807, 2.05) is 6.92 Å². The summed E-state index contributed by atoms with van der Waals surface area (Å²) < 4.78 is 33.7. The molecule has 0 aromatic carbocycles. The molecule has 0 bridgehead atoms. The van der Waals surface area contributed by atoms with E-state index in [1.165, 1.54) is 0 Å². The van der Waals surface area contributed by atoms with Gasteiger partial charge in [0.25, 0.3) is 10.1 Å². The summed E-state index contributed by atoms with van der Waals surface area (Å²) in [5, 5.41) is 0. The van der Waals surface area contributed by atoms with Gasteiger partial charge in [0.2, 0.25) is 0 Å². The molecule has 0 heterocycles. The summed E-state index contributed by atoms with van der Waals surface area (Å²) in [5.41, 5.74) is 0.379. The normalized spacial score (nSPS) is 11.1. The van der Waals surface area contributed by atoms with E-state index in [9.17, 15) is 13.2 Å². The lowest BCUT2D eigenvalue weighted by atomic mass is 10.2. The highest BCUT2D eigenvalue weighted by molar-refractivity contribution is 7.85. The first-order chi connectivity index (χ1) is 6.87. The maximum absolute atomic E-state index is 11.1. The van der Waals surface area contributed by atoms with E-state index in [4.69, 9.17) is 9.29 Å². The van der Waals surface area contributed by atoms with Gasteiger partial charge in [0.1, 0.15) is 0 Å². The lowest BCUT2D eigenvalue weighted by Gasteiger charge is -2.05. The molecule has 0 aliphatic carbocycles. The maximum atomic E-state index is 11.1. The summed E-state index contributed by atoms with van der Waals surface area (Å²) >= 11 is 0. The Bertz CT molecular complexity index is 317. The molecule has 0 rings (SSSR count). The fourth-order valence-electron chi connectivity index (χ4n) is 0.912. The maximum Gasteiger partial charge on any atom is 0.333 e. The SMILES string of the molecule is C=C(CCC)C(=O)OCCCS(=O)(=O)O. The molecule has 0 aromatic heterocycles. The van der Waals surface area contributed by atoms with Crippen molar-refractivity contribution < 1.29 is 22.5 Å². The number of rotatable bonds is 7. The van der Waals surface area contributed by atoms with Crippen molar-refractivity contribution >= 4 is 16.1 Å². The summed E-state index contributed by atoms with van der Waals surface area (Å²) in [6.07, 6.45) is 1.46. The molecule has 0 saturated heterocycles. The van der Waals surface area contributed by atoms with Gasteiger partial charge in [0.15, 0.2) is 0 Å². The van der Waals surface area contributed by atoms with E-state index in [0.29, 0.717) is 12.0 Å². The first kappa shape index (κ1) is 14.1. The fraction of sp³-hybridized carbons (Fsp3) is 0.667. The van der Waals surface area contributed by atoms with E-state index in [-0.39, 0.29) is 13.0 Å². The third-order valence-corrected chi connectivity index (χ3v) is 2.42. The summed E-state index contributed by atoms with van der Waals surface area (Å²) in [7, 11) is -3.97. The standard InChI is InChI=1S/C9H16O5S/c1-3-5-8(2)9(10)14-6-4-7-15(11,12)13/h2-7H2,1H3,(H,11,12,13). The average Bonchev–Trinajstić information content (AvgIpc) is 2.11. The van der Waals surface area contributed by atoms with E-state index >= 15 is 0 Å². The molecule has 0 atom stereocenters. The van der Waals surface area contributed by atoms with Crippen molar-refractivity contribution in [2.24, 2.45) is 0 Å². The molecular weight excluding hydrogens is 220 g/mol. The first-order valence-corrected chi connectivity index (χ1v) is 6.27. The number of hydrogen-bond donors (Lipinski definition) is 1. The van der Waals surface area contributed by atoms with Crippen LogP contribution in [0.1, 0.15) is 26.2 Å². The predicted octanol–water partition coefficient (Wildman–Crippen LogP) is 1.16. The Morgan fingerprint density at radius 2 is 2.07 bits per heavy atom. The van der Waals surface area contributed by atoms with Crippen LogP contribution in [0.2, 0.25) is 0 Å². The summed E-state index contributed by atoms with van der Waals surface area (Å²) in [5.74, 6) is -0.909. The Kier molecular flexibility index (Phi) is 6.19. The number of esters is 1. The van der Waals surface area contributed by atoms with Gasteiger partial charge < -0.3 is 4.74 Å². The van der Waals surface area contributed by atoms with Gasteiger partial charge >= 0.3 is 5.97 Å². The number of ether oxygens (including phenoxy) is 1. The molecule has 6 heteroatoms. The van der Waals surface area contributed by atoms with Crippen LogP contribution in [0.25, 0.3) is 0 Å². The van der Waals surface area contributed by atoms with Crippen LogP contribution < -0.4 is 0 Å². The Morgan fingerprint density at radius 1 is 1.47 bits per heavy atom. The minimum atomic E-state index is -3.97. The summed E-state index contributed by atoms with van der Waals surface area (Å²) in [6.45, 7) is 5.42. The molecule has 0 radical (unpaired) electrons. The first-order valence-electron chi connectivity index (χ1n) is 4.67. The molecule has 1 N–H and O–H groups in total. The minimum Gasteiger partial charge on any atom is -0.462 e. The Hall–Kier alpha value is -0.880. The monoisotopic (exact) mass is 236 g/mol. The smallest absolute Gasteiger partial charge is 0.333 e. The van der Waals surface area contributed by atoms with Crippen molar-refractivity contribution in [1.29, 1.82) is 0 Å². The van der Waals surface area contributed by atoms with Crippen LogP contribution in [0.15, 0.2) is 12.2 Å². The van der Waals surface area contributed by atoms with Gasteiger partial charge in [-0.3, -0.25) is 4.55 Å². The molecule has 0 aliphatic rings. The van der Waals surface area contributed by atoms with E-state index < -0.39 is 21.8 Å². The second-order valence-electron chi connectivity index (χ2n) is 3.13. The summed E-state index contributed by atoms with van der Waals surface area (Å²) in [4.78, 5) is 11.1. The number of carbonyl (C=O) groups is 1. The Morgan fingerprint density at radius 3 is 2.53 bits per heavy atom. The van der Waals surface area contributed by atoms with Crippen molar-refractivity contribution in [1.82, 2.24) is 0 Å². The molecule has 0 spiro atoms. The van der Waals surface area contributed by atoms with Crippen LogP contribution >= 0.6 is 0 Å². The Balaban J connectivity index is 3.69. The molecule has 88 valence electrons. The summed E-state index contributed by atoms with van der Waals surface area (Å²) in [6, 6.07) is 0. The lowest BCUT2D eigenvalue weighted by Crippen LogP contribution is -2.12. The van der Waals surface area contributed by atoms with Gasteiger partial charge in [-0.25, -0.2) is 4.79 Å². The third-order valence-electron chi connectivity index (χ3n) is 1.62. The molecule has 0 amide bonds. The minimum absolute atomic E-state index is 0.0264. The molecular formula is C9H16O5S. The molecule has 0 unspecified atom stereocenters. The zero-order valence-corrected chi connectivity index (χ0v) is 9.55. The van der Waals surface area contributed by atoms with Crippen LogP contribution in [0.3, 0.4) is 0 Å². The zero-order chi connectivity index (χ0) is 11.9. The topological polar surface area (TPSA) is 80.7 Å². The van der Waals surface area contributed by atoms with Crippen molar-refractivity contribution in [3.63, 3.8) is 0 Å². The van der Waals surface area contributed by atoms with Crippen LogP contribution in [0.4, 0.5) is 0 Å². The van der Waals surface area contributed by atoms with Crippen molar-refractivity contribution in [3.8, 4) is 0 Å². The largest absolute Gasteiger partial charge is 0.462 e. The second kappa shape index (κ2) is 6.58. The quantitative estimate of drug-likeness (QED) is 0.310. The Labute approximate surface area is 89.9 Å². The molecule has 0 fully saturated rings. The molecule has 0 aromatic rings. The predicted molar refractivity (Wildman–Crippen MR) is 56.0 cm³/mol. The highest BCUT2D eigenvalue weighted by Gasteiger charge is 2.08. The second-order valence-corrected chi connectivity index (χ2v) is 4.70. The highest BCUT2D eigenvalue weighted by atomic mass is 32.2. The number of carbonyl (C=O) groups excluding carboxylic acids is 1. The van der Waals surface area contributed by atoms with Gasteiger partial charge in [0.05, 0.1) is 12.4 Å². The van der Waals surface area contributed by atoms with E-state index in [1.54, 1.807) is 0 Å².